The summed E-state index contributed by atoms with van der Waals surface area (Å²) in [4.78, 5) is 7.15. The third kappa shape index (κ3) is 1.27. The maximum atomic E-state index is 5.27. The minimum atomic E-state index is 0.627. The van der Waals surface area contributed by atoms with Crippen molar-refractivity contribution in [2.24, 2.45) is 7.05 Å². The van der Waals surface area contributed by atoms with Crippen molar-refractivity contribution >= 4 is 23.3 Å². The molecule has 3 aromatic rings. The van der Waals surface area contributed by atoms with Gasteiger partial charge in [0.1, 0.15) is 0 Å². The Bertz CT molecular complexity index is 705. The van der Waals surface area contributed by atoms with Crippen LogP contribution in [0.4, 0.5) is 0 Å². The van der Waals surface area contributed by atoms with E-state index in [1.54, 1.807) is 17.1 Å². The van der Waals surface area contributed by atoms with Crippen molar-refractivity contribution in [1.82, 2.24) is 24.3 Å². The predicted molar refractivity (Wildman–Crippen MR) is 63.0 cm³/mol. The van der Waals surface area contributed by atoms with Crippen LogP contribution >= 0.6 is 12.2 Å². The topological polar surface area (TPSA) is 51.4 Å². The van der Waals surface area contributed by atoms with Gasteiger partial charge in [0.25, 0.3) is 0 Å². The zero-order valence-corrected chi connectivity index (χ0v) is 9.40. The fourth-order valence-corrected chi connectivity index (χ4v) is 2.01. The number of aromatic nitrogens is 5. The highest BCUT2D eigenvalue weighted by Crippen LogP contribution is 2.16. The average Bonchev–Trinajstić information content (AvgIpc) is 2.80. The Kier molecular flexibility index (Phi) is 1.90. The molecule has 0 spiro atoms. The van der Waals surface area contributed by atoms with Crippen LogP contribution in [0.3, 0.4) is 0 Å². The minimum absolute atomic E-state index is 0.627. The largest absolute Gasteiger partial charge is 0.329 e. The SMILES string of the molecule is Cn1ccc(-n2c(=S)[nH]c3cnccc32)n1. The number of aromatic amines is 1. The normalized spacial score (nSPS) is 11.1. The number of pyridine rings is 1. The molecule has 80 valence electrons. The van der Waals surface area contributed by atoms with Crippen LogP contribution in [-0.4, -0.2) is 24.3 Å². The van der Waals surface area contributed by atoms with Crippen molar-refractivity contribution in [1.29, 1.82) is 0 Å². The number of hydrogen-bond donors (Lipinski definition) is 1. The number of fused-ring (bicyclic) bond motifs is 1. The Balaban J connectivity index is 2.39. The fourth-order valence-electron chi connectivity index (χ4n) is 1.71. The minimum Gasteiger partial charge on any atom is -0.329 e. The molecule has 0 bridgehead atoms. The molecule has 3 rings (SSSR count). The summed E-state index contributed by atoms with van der Waals surface area (Å²) in [5.41, 5.74) is 1.90. The quantitative estimate of drug-likeness (QED) is 0.650. The van der Waals surface area contributed by atoms with Crippen LogP contribution < -0.4 is 0 Å². The number of aryl methyl sites for hydroxylation is 1. The van der Waals surface area contributed by atoms with E-state index in [1.165, 1.54) is 0 Å². The first-order valence-electron chi connectivity index (χ1n) is 4.80. The molecule has 0 aliphatic heterocycles. The number of rotatable bonds is 1. The van der Waals surface area contributed by atoms with E-state index >= 15 is 0 Å². The molecule has 6 heteroatoms. The summed E-state index contributed by atoms with van der Waals surface area (Å²) >= 11 is 5.27. The van der Waals surface area contributed by atoms with E-state index in [-0.39, 0.29) is 0 Å². The lowest BCUT2D eigenvalue weighted by atomic mass is 10.4. The molecular formula is C10H9N5S. The van der Waals surface area contributed by atoms with Crippen LogP contribution in [-0.2, 0) is 7.05 Å². The van der Waals surface area contributed by atoms with Crippen LogP contribution in [0, 0.1) is 4.77 Å². The monoisotopic (exact) mass is 231 g/mol. The van der Waals surface area contributed by atoms with E-state index in [0.29, 0.717) is 4.77 Å². The second-order valence-electron chi connectivity index (χ2n) is 3.51. The third-order valence-electron chi connectivity index (χ3n) is 2.41. The molecule has 0 atom stereocenters. The molecular weight excluding hydrogens is 222 g/mol. The Labute approximate surface area is 96.4 Å². The summed E-state index contributed by atoms with van der Waals surface area (Å²) in [6.07, 6.45) is 5.38. The molecule has 0 aliphatic rings. The highest BCUT2D eigenvalue weighted by atomic mass is 32.1. The molecule has 16 heavy (non-hydrogen) atoms. The lowest BCUT2D eigenvalue weighted by Crippen LogP contribution is -1.97. The van der Waals surface area contributed by atoms with Crippen LogP contribution in [0.15, 0.2) is 30.7 Å². The molecule has 0 fully saturated rings. The molecule has 0 unspecified atom stereocenters. The van der Waals surface area contributed by atoms with Crippen molar-refractivity contribution in [3.8, 4) is 5.82 Å². The fraction of sp³-hybridized carbons (Fsp3) is 0.100. The molecule has 0 radical (unpaired) electrons. The highest BCUT2D eigenvalue weighted by Gasteiger charge is 2.07. The maximum absolute atomic E-state index is 5.27. The molecule has 3 aromatic heterocycles. The molecule has 0 aliphatic carbocycles. The zero-order chi connectivity index (χ0) is 11.1. The van der Waals surface area contributed by atoms with Gasteiger partial charge in [-0.15, -0.1) is 0 Å². The molecule has 0 saturated carbocycles. The Hall–Kier alpha value is -1.95. The summed E-state index contributed by atoms with van der Waals surface area (Å²) in [5.74, 6) is 0.810. The van der Waals surface area contributed by atoms with Gasteiger partial charge in [-0.1, -0.05) is 0 Å². The Morgan fingerprint density at radius 1 is 1.38 bits per heavy atom. The lowest BCUT2D eigenvalue weighted by Gasteiger charge is -1.98. The first-order valence-corrected chi connectivity index (χ1v) is 5.21. The number of imidazole rings is 1. The number of H-pyrrole nitrogens is 1. The number of hydrogen-bond acceptors (Lipinski definition) is 3. The van der Waals surface area contributed by atoms with E-state index in [4.69, 9.17) is 12.2 Å². The van der Waals surface area contributed by atoms with E-state index in [2.05, 4.69) is 15.1 Å². The van der Waals surface area contributed by atoms with Gasteiger partial charge in [-0.2, -0.15) is 5.10 Å². The second kappa shape index (κ2) is 3.28. The van der Waals surface area contributed by atoms with Gasteiger partial charge in [0.05, 0.1) is 17.2 Å². The van der Waals surface area contributed by atoms with Gasteiger partial charge < -0.3 is 4.98 Å². The van der Waals surface area contributed by atoms with Gasteiger partial charge in [0, 0.05) is 25.5 Å². The Morgan fingerprint density at radius 2 is 2.25 bits per heavy atom. The van der Waals surface area contributed by atoms with Gasteiger partial charge in [0.15, 0.2) is 10.6 Å². The van der Waals surface area contributed by atoms with Gasteiger partial charge in [-0.3, -0.25) is 14.2 Å². The first kappa shape index (κ1) is 9.29. The summed E-state index contributed by atoms with van der Waals surface area (Å²) in [5, 5.41) is 4.34. The van der Waals surface area contributed by atoms with Gasteiger partial charge in [-0.05, 0) is 18.3 Å². The first-order chi connectivity index (χ1) is 7.75. The molecule has 0 amide bonds. The molecule has 3 heterocycles. The van der Waals surface area contributed by atoms with Crippen molar-refractivity contribution in [2.75, 3.05) is 0 Å². The van der Waals surface area contributed by atoms with Gasteiger partial charge in [-0.25, -0.2) is 0 Å². The summed E-state index contributed by atoms with van der Waals surface area (Å²) < 4.78 is 4.27. The van der Waals surface area contributed by atoms with Crippen molar-refractivity contribution in [2.45, 2.75) is 0 Å². The van der Waals surface area contributed by atoms with E-state index in [0.717, 1.165) is 16.9 Å². The lowest BCUT2D eigenvalue weighted by molar-refractivity contribution is 0.752. The van der Waals surface area contributed by atoms with Crippen LogP contribution in [0.1, 0.15) is 0 Å². The molecule has 0 saturated heterocycles. The van der Waals surface area contributed by atoms with Crippen LogP contribution in [0.2, 0.25) is 0 Å². The highest BCUT2D eigenvalue weighted by molar-refractivity contribution is 7.71. The Morgan fingerprint density at radius 3 is 3.00 bits per heavy atom. The standard InChI is InChI=1S/C10H9N5S/c1-14-5-3-9(13-14)15-8-2-4-11-6-7(8)12-10(15)16/h2-6H,1H3,(H,12,16). The smallest absolute Gasteiger partial charge is 0.184 e. The van der Waals surface area contributed by atoms with Gasteiger partial charge >= 0.3 is 0 Å². The number of nitrogens with one attached hydrogen (secondary N) is 1. The summed E-state index contributed by atoms with van der Waals surface area (Å²) in [6, 6.07) is 3.83. The molecule has 0 aromatic carbocycles. The predicted octanol–water partition coefficient (Wildman–Crippen LogP) is 1.82. The van der Waals surface area contributed by atoms with Crippen LogP contribution in [0.5, 0.6) is 0 Å². The van der Waals surface area contributed by atoms with Crippen LogP contribution in [0.25, 0.3) is 16.9 Å². The van der Waals surface area contributed by atoms with Crippen molar-refractivity contribution < 1.29 is 0 Å². The summed E-state index contributed by atoms with van der Waals surface area (Å²) in [7, 11) is 1.88. The third-order valence-corrected chi connectivity index (χ3v) is 2.70. The number of nitrogens with zero attached hydrogens (tertiary/aromatic N) is 4. The van der Waals surface area contributed by atoms with Gasteiger partial charge in [0.2, 0.25) is 0 Å². The average molecular weight is 231 g/mol. The molecule has 5 nitrogen and oxygen atoms in total. The summed E-state index contributed by atoms with van der Waals surface area (Å²) in [6.45, 7) is 0. The molecule has 1 N–H and O–H groups in total. The van der Waals surface area contributed by atoms with Crippen molar-refractivity contribution in [3.05, 3.63) is 35.5 Å². The van der Waals surface area contributed by atoms with E-state index in [1.807, 2.05) is 29.9 Å². The second-order valence-corrected chi connectivity index (χ2v) is 3.89. The van der Waals surface area contributed by atoms with E-state index < -0.39 is 0 Å². The zero-order valence-electron chi connectivity index (χ0n) is 8.58. The van der Waals surface area contributed by atoms with E-state index in [9.17, 15) is 0 Å². The van der Waals surface area contributed by atoms with Crippen molar-refractivity contribution in [3.63, 3.8) is 0 Å². The maximum Gasteiger partial charge on any atom is 0.184 e.